The lowest BCUT2D eigenvalue weighted by molar-refractivity contribution is -0.149. The van der Waals surface area contributed by atoms with Gasteiger partial charge in [0.2, 0.25) is 0 Å². The standard InChI is InChI=1S/C17H21NO6.C2H6/c1-6-9-10-11(7-2)18-13(17(21)23-5)12(16(20)22-4)14(15(18)19)24-8-3;1-2/h6-7,9-10,13H,2,8H2,1,3-5H3;1-2H3/b9-6-,11-10+;. The van der Waals surface area contributed by atoms with Crippen LogP contribution in [-0.2, 0) is 28.6 Å². The van der Waals surface area contributed by atoms with Crippen molar-refractivity contribution in [2.45, 2.75) is 33.7 Å². The molecule has 1 rings (SSSR count). The van der Waals surface area contributed by atoms with Crippen molar-refractivity contribution in [3.63, 3.8) is 0 Å². The molecule has 0 aliphatic carbocycles. The predicted octanol–water partition coefficient (Wildman–Crippen LogP) is 2.51. The molecule has 0 saturated carbocycles. The van der Waals surface area contributed by atoms with E-state index in [1.54, 1.807) is 32.1 Å². The predicted molar refractivity (Wildman–Crippen MR) is 97.8 cm³/mol. The molecule has 1 unspecified atom stereocenters. The van der Waals surface area contributed by atoms with Gasteiger partial charge in [-0.05, 0) is 26.0 Å². The van der Waals surface area contributed by atoms with Crippen LogP contribution in [0, 0.1) is 0 Å². The van der Waals surface area contributed by atoms with E-state index in [1.165, 1.54) is 13.2 Å². The van der Waals surface area contributed by atoms with Crippen LogP contribution < -0.4 is 0 Å². The Morgan fingerprint density at radius 3 is 2.27 bits per heavy atom. The second-order valence-electron chi connectivity index (χ2n) is 4.59. The normalized spacial score (nSPS) is 17.0. The van der Waals surface area contributed by atoms with Crippen LogP contribution in [0.15, 0.2) is 47.9 Å². The van der Waals surface area contributed by atoms with E-state index in [9.17, 15) is 14.4 Å². The van der Waals surface area contributed by atoms with Gasteiger partial charge in [-0.3, -0.25) is 9.69 Å². The quantitative estimate of drug-likeness (QED) is 0.509. The highest BCUT2D eigenvalue weighted by Crippen LogP contribution is 2.32. The molecular weight excluding hydrogens is 338 g/mol. The van der Waals surface area contributed by atoms with Crippen molar-refractivity contribution in [2.75, 3.05) is 20.8 Å². The smallest absolute Gasteiger partial charge is 0.340 e. The highest BCUT2D eigenvalue weighted by atomic mass is 16.5. The third kappa shape index (κ3) is 4.84. The van der Waals surface area contributed by atoms with E-state index in [4.69, 9.17) is 14.2 Å². The van der Waals surface area contributed by atoms with Crippen LogP contribution >= 0.6 is 0 Å². The number of nitrogens with zero attached hydrogens (tertiary/aromatic N) is 1. The maximum atomic E-state index is 12.7. The van der Waals surface area contributed by atoms with Crippen LogP contribution in [0.1, 0.15) is 27.7 Å². The van der Waals surface area contributed by atoms with Gasteiger partial charge in [-0.15, -0.1) is 0 Å². The zero-order chi connectivity index (χ0) is 20.3. The van der Waals surface area contributed by atoms with E-state index in [0.717, 1.165) is 12.0 Å². The molecule has 0 aromatic heterocycles. The Morgan fingerprint density at radius 2 is 1.85 bits per heavy atom. The first-order valence-electron chi connectivity index (χ1n) is 8.30. The zero-order valence-corrected chi connectivity index (χ0v) is 16.2. The van der Waals surface area contributed by atoms with E-state index in [-0.39, 0.29) is 17.9 Å². The van der Waals surface area contributed by atoms with Gasteiger partial charge in [0, 0.05) is 5.70 Å². The zero-order valence-electron chi connectivity index (χ0n) is 16.2. The Hall–Kier alpha value is -2.83. The lowest BCUT2D eigenvalue weighted by Gasteiger charge is -2.24. The van der Waals surface area contributed by atoms with Gasteiger partial charge in [0.25, 0.3) is 5.91 Å². The van der Waals surface area contributed by atoms with Crippen molar-refractivity contribution in [2.24, 2.45) is 0 Å². The Kier molecular flexibility index (Phi) is 10.4. The summed E-state index contributed by atoms with van der Waals surface area (Å²) < 4.78 is 14.8. The van der Waals surface area contributed by atoms with Crippen LogP contribution in [0.5, 0.6) is 0 Å². The van der Waals surface area contributed by atoms with Crippen LogP contribution in [0.25, 0.3) is 0 Å². The second kappa shape index (κ2) is 11.7. The molecule has 7 nitrogen and oxygen atoms in total. The number of rotatable bonds is 7. The van der Waals surface area contributed by atoms with Gasteiger partial charge in [0.15, 0.2) is 11.8 Å². The minimum Gasteiger partial charge on any atom is -0.488 e. The number of carbonyl (C=O) groups excluding carboxylic acids is 3. The molecule has 1 heterocycles. The highest BCUT2D eigenvalue weighted by molar-refractivity contribution is 6.12. The molecular formula is C19H27NO6. The molecule has 0 aromatic carbocycles. The molecule has 0 N–H and O–H groups in total. The SMILES string of the molecule is C=C/C(=C\C=C/C)N1C(=O)C(OCC)=C(C(=O)OC)C1C(=O)OC.CC. The maximum Gasteiger partial charge on any atom is 0.340 e. The highest BCUT2D eigenvalue weighted by Gasteiger charge is 2.49. The summed E-state index contributed by atoms with van der Waals surface area (Å²) in [6.07, 6.45) is 6.41. The summed E-state index contributed by atoms with van der Waals surface area (Å²) in [6, 6.07) is -1.30. The Morgan fingerprint density at radius 1 is 1.23 bits per heavy atom. The molecule has 144 valence electrons. The number of hydrogen-bond acceptors (Lipinski definition) is 6. The third-order valence-electron chi connectivity index (χ3n) is 3.25. The van der Waals surface area contributed by atoms with E-state index < -0.39 is 23.9 Å². The van der Waals surface area contributed by atoms with Crippen molar-refractivity contribution < 1.29 is 28.6 Å². The maximum absolute atomic E-state index is 12.7. The first kappa shape index (κ1) is 23.2. The third-order valence-corrected chi connectivity index (χ3v) is 3.25. The summed E-state index contributed by atoms with van der Waals surface area (Å²) in [5, 5.41) is 0. The fourth-order valence-corrected chi connectivity index (χ4v) is 2.24. The van der Waals surface area contributed by atoms with Crippen molar-refractivity contribution in [3.05, 3.63) is 47.9 Å². The summed E-state index contributed by atoms with van der Waals surface area (Å²) in [7, 11) is 2.33. The number of hydrogen-bond donors (Lipinski definition) is 0. The van der Waals surface area contributed by atoms with E-state index in [0.29, 0.717) is 5.70 Å². The minimum absolute atomic E-state index is 0.144. The molecule has 0 radical (unpaired) electrons. The molecule has 0 fully saturated rings. The largest absolute Gasteiger partial charge is 0.488 e. The van der Waals surface area contributed by atoms with Crippen LogP contribution in [-0.4, -0.2) is 49.6 Å². The Balaban J connectivity index is 0.00000301. The van der Waals surface area contributed by atoms with Gasteiger partial charge in [-0.1, -0.05) is 32.6 Å². The van der Waals surface area contributed by atoms with Crippen molar-refractivity contribution >= 4 is 17.8 Å². The average Bonchev–Trinajstić information content (AvgIpc) is 2.96. The van der Waals surface area contributed by atoms with Gasteiger partial charge in [-0.2, -0.15) is 0 Å². The van der Waals surface area contributed by atoms with Crippen molar-refractivity contribution in [1.82, 2.24) is 4.90 Å². The Labute approximate surface area is 154 Å². The van der Waals surface area contributed by atoms with Crippen molar-refractivity contribution in [1.29, 1.82) is 0 Å². The molecule has 0 spiro atoms. The molecule has 1 amide bonds. The summed E-state index contributed by atoms with van der Waals surface area (Å²) >= 11 is 0. The van der Waals surface area contributed by atoms with Gasteiger partial charge in [0.1, 0.15) is 5.57 Å². The van der Waals surface area contributed by atoms with Gasteiger partial charge in [0.05, 0.1) is 20.8 Å². The number of methoxy groups -OCH3 is 2. The Bertz CT molecular complexity index is 630. The van der Waals surface area contributed by atoms with Crippen LogP contribution in [0.3, 0.4) is 0 Å². The number of ether oxygens (including phenoxy) is 3. The second-order valence-corrected chi connectivity index (χ2v) is 4.59. The van der Waals surface area contributed by atoms with Crippen molar-refractivity contribution in [3.8, 4) is 0 Å². The van der Waals surface area contributed by atoms with E-state index in [1.807, 2.05) is 13.8 Å². The lowest BCUT2D eigenvalue weighted by Crippen LogP contribution is -2.42. The van der Waals surface area contributed by atoms with Gasteiger partial charge >= 0.3 is 11.9 Å². The summed E-state index contributed by atoms with van der Waals surface area (Å²) in [5.74, 6) is -2.48. The monoisotopic (exact) mass is 365 g/mol. The minimum atomic E-state index is -1.30. The van der Waals surface area contributed by atoms with Crippen LogP contribution in [0.4, 0.5) is 0 Å². The van der Waals surface area contributed by atoms with Gasteiger partial charge < -0.3 is 14.2 Å². The fraction of sp³-hybridized carbons (Fsp3) is 0.421. The average molecular weight is 365 g/mol. The summed E-state index contributed by atoms with van der Waals surface area (Å²) in [5.41, 5.74) is 0.133. The molecule has 0 saturated heterocycles. The fourth-order valence-electron chi connectivity index (χ4n) is 2.24. The lowest BCUT2D eigenvalue weighted by atomic mass is 10.1. The summed E-state index contributed by atoms with van der Waals surface area (Å²) in [6.45, 7) is 11.3. The van der Waals surface area contributed by atoms with Crippen LogP contribution in [0.2, 0.25) is 0 Å². The van der Waals surface area contributed by atoms with E-state index >= 15 is 0 Å². The van der Waals surface area contributed by atoms with Gasteiger partial charge in [-0.25, -0.2) is 9.59 Å². The first-order valence-corrected chi connectivity index (χ1v) is 8.30. The topological polar surface area (TPSA) is 82.1 Å². The summed E-state index contributed by atoms with van der Waals surface area (Å²) in [4.78, 5) is 38.2. The molecule has 7 heteroatoms. The number of amides is 1. The number of carbonyl (C=O) groups is 3. The number of allylic oxidation sites excluding steroid dienone is 4. The number of esters is 2. The molecule has 1 aliphatic heterocycles. The molecule has 1 aliphatic rings. The molecule has 26 heavy (non-hydrogen) atoms. The molecule has 0 aromatic rings. The first-order chi connectivity index (χ1) is 12.5. The van der Waals surface area contributed by atoms with E-state index in [2.05, 4.69) is 6.58 Å². The molecule has 0 bridgehead atoms. The molecule has 1 atom stereocenters.